The largest absolute Gasteiger partial charge is 0.490 e. The summed E-state index contributed by atoms with van der Waals surface area (Å²) in [7, 11) is 0. The molecule has 1 aromatic carbocycles. The highest BCUT2D eigenvalue weighted by atomic mass is 16.5. The lowest BCUT2D eigenvalue weighted by molar-refractivity contribution is -0.134. The Morgan fingerprint density at radius 1 is 1.06 bits per heavy atom. The van der Waals surface area contributed by atoms with E-state index in [0.717, 1.165) is 50.6 Å². The highest BCUT2D eigenvalue weighted by molar-refractivity contribution is 5.93. The van der Waals surface area contributed by atoms with Gasteiger partial charge < -0.3 is 15.4 Å². The molecule has 0 spiro atoms. The molecule has 0 radical (unpaired) electrons. The Morgan fingerprint density at radius 2 is 1.72 bits per heavy atom. The van der Waals surface area contributed by atoms with E-state index in [1.54, 1.807) is 18.2 Å². The van der Waals surface area contributed by atoms with E-state index in [9.17, 15) is 9.59 Å². The maximum Gasteiger partial charge on any atom is 0.248 e. The Labute approximate surface area is 219 Å². The quantitative estimate of drug-likeness (QED) is 0.411. The van der Waals surface area contributed by atoms with Gasteiger partial charge in [0.1, 0.15) is 11.9 Å². The highest BCUT2D eigenvalue weighted by Gasteiger charge is 2.36. The maximum atomic E-state index is 12.0. The molecule has 2 fully saturated rings. The predicted molar refractivity (Wildman–Crippen MR) is 149 cm³/mol. The van der Waals surface area contributed by atoms with E-state index in [2.05, 4.69) is 39.8 Å². The standard InChI is InChI=1S/C16H20N2O3.C13H24.C2H6/c17-15(19)12-2-1-3-14(10-12)21-13-6-8-18(9-7-13)16(20)11-4-5-11;1-5-9-13(6-2)10-11(3)7-8-12(13)4;1-2/h1-3,10-11,13H,4-9H2,(H2,17,19);7-8,11-12H,5-6,9-10H2,1-4H3;1-2H3. The minimum absolute atomic E-state index is 0.0939. The zero-order chi connectivity index (χ0) is 26.7. The normalized spacial score (nSPS) is 25.7. The van der Waals surface area contributed by atoms with Crippen molar-refractivity contribution in [3.8, 4) is 5.75 Å². The number of carbonyl (C=O) groups excluding carboxylic acids is 2. The number of allylic oxidation sites excluding steroid dienone is 2. The average molecular weight is 499 g/mol. The van der Waals surface area contributed by atoms with Crippen molar-refractivity contribution in [2.24, 2.45) is 28.9 Å². The molecular weight excluding hydrogens is 448 g/mol. The van der Waals surface area contributed by atoms with Crippen molar-refractivity contribution >= 4 is 11.8 Å². The molecule has 0 aromatic heterocycles. The first kappa shape index (κ1) is 29.9. The van der Waals surface area contributed by atoms with Gasteiger partial charge in [0.05, 0.1) is 0 Å². The number of likely N-dealkylation sites (tertiary alicyclic amines) is 1. The van der Waals surface area contributed by atoms with Gasteiger partial charge in [-0.2, -0.15) is 0 Å². The fraction of sp³-hybridized carbons (Fsp3) is 0.677. The van der Waals surface area contributed by atoms with Crippen molar-refractivity contribution in [3.05, 3.63) is 42.0 Å². The number of primary amides is 1. The van der Waals surface area contributed by atoms with Crippen LogP contribution >= 0.6 is 0 Å². The molecule has 1 heterocycles. The Morgan fingerprint density at radius 3 is 2.28 bits per heavy atom. The van der Waals surface area contributed by atoms with Gasteiger partial charge in [0.15, 0.2) is 0 Å². The molecule has 36 heavy (non-hydrogen) atoms. The zero-order valence-corrected chi connectivity index (χ0v) is 23.6. The molecule has 0 bridgehead atoms. The molecule has 5 heteroatoms. The Kier molecular flexibility index (Phi) is 12.0. The van der Waals surface area contributed by atoms with Gasteiger partial charge in [-0.05, 0) is 67.6 Å². The first-order chi connectivity index (χ1) is 17.3. The van der Waals surface area contributed by atoms with Gasteiger partial charge in [-0.25, -0.2) is 0 Å². The van der Waals surface area contributed by atoms with E-state index in [0.29, 0.717) is 22.6 Å². The summed E-state index contributed by atoms with van der Waals surface area (Å²) in [5.74, 6) is 2.39. The second-order valence-electron chi connectivity index (χ2n) is 10.6. The number of hydrogen-bond acceptors (Lipinski definition) is 3. The van der Waals surface area contributed by atoms with Gasteiger partial charge in [0.2, 0.25) is 11.8 Å². The summed E-state index contributed by atoms with van der Waals surface area (Å²) in [5.41, 5.74) is 6.33. The van der Waals surface area contributed by atoms with Crippen LogP contribution in [0.4, 0.5) is 0 Å². The SMILES string of the molecule is CC.CCCC1(CC)CC(C)C=CC1C.NC(=O)c1cccc(OC2CCN(C(=O)C3CC3)CC2)c1. The van der Waals surface area contributed by atoms with Crippen LogP contribution in [0.15, 0.2) is 36.4 Å². The van der Waals surface area contributed by atoms with Crippen LogP contribution in [0, 0.1) is 23.2 Å². The molecule has 3 atom stereocenters. The molecule has 3 aliphatic rings. The first-order valence-corrected chi connectivity index (χ1v) is 14.3. The molecular formula is C31H50N2O3. The van der Waals surface area contributed by atoms with Crippen molar-refractivity contribution in [2.45, 2.75) is 99.0 Å². The Hall–Kier alpha value is -2.30. The van der Waals surface area contributed by atoms with Crippen LogP contribution < -0.4 is 10.5 Å². The van der Waals surface area contributed by atoms with E-state index in [4.69, 9.17) is 10.5 Å². The summed E-state index contributed by atoms with van der Waals surface area (Å²) in [4.78, 5) is 25.1. The molecule has 1 saturated carbocycles. The molecule has 2 N–H and O–H groups in total. The summed E-state index contributed by atoms with van der Waals surface area (Å²) in [6.07, 6.45) is 14.2. The smallest absolute Gasteiger partial charge is 0.248 e. The fourth-order valence-corrected chi connectivity index (χ4v) is 5.62. The van der Waals surface area contributed by atoms with Crippen LogP contribution in [0.5, 0.6) is 5.75 Å². The zero-order valence-electron chi connectivity index (χ0n) is 23.6. The average Bonchev–Trinajstić information content (AvgIpc) is 3.74. The lowest BCUT2D eigenvalue weighted by Gasteiger charge is -2.42. The monoisotopic (exact) mass is 498 g/mol. The molecule has 4 rings (SSSR count). The van der Waals surface area contributed by atoms with Crippen LogP contribution in [0.3, 0.4) is 0 Å². The van der Waals surface area contributed by atoms with Gasteiger partial charge >= 0.3 is 0 Å². The van der Waals surface area contributed by atoms with Crippen LogP contribution in [0.1, 0.15) is 103 Å². The molecule has 5 nitrogen and oxygen atoms in total. The molecule has 1 saturated heterocycles. The number of benzene rings is 1. The molecule has 1 aliphatic heterocycles. The first-order valence-electron chi connectivity index (χ1n) is 14.3. The van der Waals surface area contributed by atoms with Gasteiger partial charge in [-0.1, -0.05) is 66.2 Å². The minimum atomic E-state index is -0.453. The van der Waals surface area contributed by atoms with Gasteiger partial charge in [-0.15, -0.1) is 0 Å². The third-order valence-electron chi connectivity index (χ3n) is 7.98. The Balaban J connectivity index is 0.000000262. The van der Waals surface area contributed by atoms with Gasteiger partial charge in [0.25, 0.3) is 0 Å². The fourth-order valence-electron chi connectivity index (χ4n) is 5.62. The minimum Gasteiger partial charge on any atom is -0.490 e. The van der Waals surface area contributed by atoms with Crippen molar-refractivity contribution in [3.63, 3.8) is 0 Å². The second-order valence-corrected chi connectivity index (χ2v) is 10.6. The molecule has 202 valence electrons. The number of carbonyl (C=O) groups is 2. The summed E-state index contributed by atoms with van der Waals surface area (Å²) in [6, 6.07) is 6.94. The van der Waals surface area contributed by atoms with Crippen molar-refractivity contribution in [2.75, 3.05) is 13.1 Å². The van der Waals surface area contributed by atoms with Gasteiger partial charge in [0, 0.05) is 37.4 Å². The topological polar surface area (TPSA) is 72.6 Å². The van der Waals surface area contributed by atoms with Crippen LogP contribution in [-0.2, 0) is 4.79 Å². The van der Waals surface area contributed by atoms with Crippen molar-refractivity contribution < 1.29 is 14.3 Å². The number of rotatable bonds is 7. The molecule has 2 amide bonds. The van der Waals surface area contributed by atoms with Gasteiger partial charge in [-0.3, -0.25) is 9.59 Å². The summed E-state index contributed by atoms with van der Waals surface area (Å²) in [5, 5.41) is 0. The Bertz CT molecular complexity index is 855. The van der Waals surface area contributed by atoms with E-state index in [-0.39, 0.29) is 12.0 Å². The number of hydrogen-bond donors (Lipinski definition) is 1. The van der Waals surface area contributed by atoms with Crippen molar-refractivity contribution in [1.82, 2.24) is 4.90 Å². The summed E-state index contributed by atoms with van der Waals surface area (Å²) in [6.45, 7) is 14.9. The number of nitrogens with two attached hydrogens (primary N) is 1. The summed E-state index contributed by atoms with van der Waals surface area (Å²) >= 11 is 0. The lowest BCUT2D eigenvalue weighted by Crippen LogP contribution is -2.42. The van der Waals surface area contributed by atoms with E-state index >= 15 is 0 Å². The van der Waals surface area contributed by atoms with Crippen molar-refractivity contribution in [1.29, 1.82) is 0 Å². The predicted octanol–water partition coefficient (Wildman–Crippen LogP) is 7.01. The van der Waals surface area contributed by atoms with E-state index in [1.165, 1.54) is 25.7 Å². The third kappa shape index (κ3) is 8.38. The molecule has 1 aromatic rings. The maximum absolute atomic E-state index is 12.0. The summed E-state index contributed by atoms with van der Waals surface area (Å²) < 4.78 is 5.90. The number of ether oxygens (including phenoxy) is 1. The molecule has 3 unspecified atom stereocenters. The van der Waals surface area contributed by atoms with Crippen LogP contribution in [-0.4, -0.2) is 35.9 Å². The lowest BCUT2D eigenvalue weighted by atomic mass is 9.63. The second kappa shape index (κ2) is 14.4. The van der Waals surface area contributed by atoms with Crippen LogP contribution in [0.2, 0.25) is 0 Å². The third-order valence-corrected chi connectivity index (χ3v) is 7.98. The highest BCUT2D eigenvalue weighted by Crippen LogP contribution is 2.46. The number of nitrogens with zero attached hydrogens (tertiary/aromatic N) is 1. The van der Waals surface area contributed by atoms with E-state index in [1.807, 2.05) is 24.8 Å². The molecule has 2 aliphatic carbocycles. The number of piperidine rings is 1. The van der Waals surface area contributed by atoms with Crippen LogP contribution in [0.25, 0.3) is 0 Å². The number of amides is 2. The van der Waals surface area contributed by atoms with E-state index < -0.39 is 5.91 Å².